The standard InChI is InChI=1S/2C8H5F3.C4H10.C2H5.CH3O2S.Rf/c2*9-7(8(10)11)6-4-2-1-3-5-6;1-3-4-2;1-2;1-4(2)3;/h2*1-5H;3-4H2,1-2H3;1H2,2H3;1H3;/q;;;2*-1;. The second-order valence-corrected chi connectivity index (χ2v) is 6.08. The van der Waals surface area contributed by atoms with Crippen molar-refractivity contribution >= 4 is 22.4 Å². The van der Waals surface area contributed by atoms with Crippen LogP contribution in [0.15, 0.2) is 72.8 Å². The smallest absolute Gasteiger partial charge is 0.306 e. The Hall–Kier alpha value is -3.55. The van der Waals surface area contributed by atoms with Gasteiger partial charge in [-0.05, 0) is 0 Å². The minimum atomic E-state index is -2.28. The second-order valence-electron chi connectivity index (χ2n) is 5.28. The van der Waals surface area contributed by atoms with Crippen LogP contribution in [0.4, 0.5) is 26.3 Å². The first-order valence-electron chi connectivity index (χ1n) is 9.32. The molecule has 0 aliphatic carbocycles. The third-order valence-electron chi connectivity index (χ3n) is 2.89. The maximum Gasteiger partial charge on any atom is 0.306 e. The van der Waals surface area contributed by atoms with Crippen molar-refractivity contribution < 1.29 is 34.8 Å². The van der Waals surface area contributed by atoms with E-state index in [9.17, 15) is 26.3 Å². The van der Waals surface area contributed by atoms with Crippen molar-refractivity contribution in [3.05, 3.63) is 90.9 Å². The summed E-state index contributed by atoms with van der Waals surface area (Å²) in [5.74, 6) is -2.91. The van der Waals surface area contributed by atoms with Crippen molar-refractivity contribution in [3.8, 4) is 0 Å². The summed E-state index contributed by atoms with van der Waals surface area (Å²) in [4.78, 5) is 0. The number of halogens is 6. The first-order chi connectivity index (χ1) is 15.1. The van der Waals surface area contributed by atoms with E-state index in [2.05, 4.69) is 20.8 Å². The quantitative estimate of drug-likeness (QED) is 0.179. The van der Waals surface area contributed by atoms with Crippen LogP contribution in [0.2, 0.25) is 0 Å². The Morgan fingerprint density at radius 3 is 1.03 bits per heavy atom. The van der Waals surface area contributed by atoms with Gasteiger partial charge in [-0.15, -0.1) is 0 Å². The average molecular weight is 750 g/mol. The van der Waals surface area contributed by atoms with Gasteiger partial charge in [-0.3, -0.25) is 0 Å². The molecule has 33 heavy (non-hydrogen) atoms. The van der Waals surface area contributed by atoms with E-state index >= 15 is 0 Å². The van der Waals surface area contributed by atoms with Gasteiger partial charge in [-0.1, -0.05) is 104 Å². The molecule has 2 rings (SSSR count). The molecule has 0 aromatic heterocycles. The van der Waals surface area contributed by atoms with Gasteiger partial charge >= 0.3 is 12.2 Å². The van der Waals surface area contributed by atoms with Crippen LogP contribution in [0.5, 0.6) is 0 Å². The van der Waals surface area contributed by atoms with Crippen LogP contribution < -0.4 is 0 Å². The van der Waals surface area contributed by atoms with Crippen molar-refractivity contribution in [3.63, 3.8) is 0 Å². The number of hydrogen-bond donors (Lipinski definition) is 0. The van der Waals surface area contributed by atoms with E-state index in [1.165, 1.54) is 61.4 Å². The molecule has 0 amide bonds. The number of hydrogen-bond acceptors (Lipinski definition) is 3. The van der Waals surface area contributed by atoms with E-state index in [-0.39, 0.29) is 11.1 Å². The predicted molar refractivity (Wildman–Crippen MR) is 120 cm³/mol. The summed E-state index contributed by atoms with van der Waals surface area (Å²) in [6, 6.07) is 14.4. The van der Waals surface area contributed by atoms with Gasteiger partial charge < -0.3 is 15.3 Å². The van der Waals surface area contributed by atoms with Crippen molar-refractivity contribution in [2.75, 3.05) is 6.26 Å². The van der Waals surface area contributed by atoms with Gasteiger partial charge in [0, 0.05) is 11.1 Å². The van der Waals surface area contributed by atoms with Crippen LogP contribution in [-0.4, -0.2) is 6.26 Å². The molecule has 2 aromatic carbocycles. The van der Waals surface area contributed by atoms with Gasteiger partial charge in [0.15, 0.2) is 11.7 Å². The Kier molecular flexibility index (Phi) is 27.6. The van der Waals surface area contributed by atoms with E-state index < -0.39 is 34.5 Å². The molecule has 0 aliphatic rings. The summed E-state index contributed by atoms with van der Waals surface area (Å²) in [7, 11) is -1.86. The van der Waals surface area contributed by atoms with Crippen LogP contribution >= 0.6 is 0 Å². The van der Waals surface area contributed by atoms with Gasteiger partial charge in [-0.25, -0.2) is 8.78 Å². The molecule has 0 atom stereocenters. The fraction of sp³-hybridized carbons (Fsp3) is 0.261. The molecule has 0 aliphatic heterocycles. The second kappa shape index (κ2) is 24.7. The SMILES string of the molecule is CCCC.C[S-](=O)=O.FC(F)=C(F)c1ccccc1.FC(F)=C(F)c1ccccc1.[CH2-]C.[Rf]. The van der Waals surface area contributed by atoms with E-state index in [1.54, 1.807) is 19.1 Å². The first-order valence-corrected chi connectivity index (χ1v) is 10.8. The third-order valence-corrected chi connectivity index (χ3v) is 2.89. The molecule has 2 nitrogen and oxygen atoms in total. The first kappa shape index (κ1) is 36.8. The zero-order chi connectivity index (χ0) is 25.5. The molecule has 0 heterocycles. The molecule has 0 bridgehead atoms. The molecule has 0 spiro atoms. The molecular formula is C23H28F6O2RfS-2. The van der Waals surface area contributed by atoms with Crippen LogP contribution in [0.3, 0.4) is 0 Å². The van der Waals surface area contributed by atoms with E-state index in [4.69, 9.17) is 8.42 Å². The van der Waals surface area contributed by atoms with E-state index in [0.717, 1.165) is 6.26 Å². The summed E-state index contributed by atoms with van der Waals surface area (Å²) in [5.41, 5.74) is -0.181. The Labute approximate surface area is 188 Å². The molecular weight excluding hydrogens is 721 g/mol. The number of benzene rings is 2. The number of rotatable bonds is 3. The summed E-state index contributed by atoms with van der Waals surface area (Å²) >= 11 is 0. The summed E-state index contributed by atoms with van der Waals surface area (Å²) in [6.45, 7) is 9.36. The van der Waals surface area contributed by atoms with Crippen LogP contribution in [0.1, 0.15) is 44.7 Å². The maximum absolute atomic E-state index is 12.4. The minimum Gasteiger partial charge on any atom is -0.424 e. The normalized spacial score (nSPS) is 8.36. The molecule has 2 aromatic rings. The van der Waals surface area contributed by atoms with Crippen LogP contribution in [-0.2, 0) is 19.1 Å². The fourth-order valence-electron chi connectivity index (χ4n) is 1.39. The molecule has 0 fully saturated rings. The Bertz CT molecular complexity index is 765. The summed E-state index contributed by atoms with van der Waals surface area (Å²) in [5, 5.41) is 0. The molecule has 0 unspecified atom stereocenters. The van der Waals surface area contributed by atoms with Gasteiger partial charge in [0.05, 0.1) is 0 Å². The predicted octanol–water partition coefficient (Wildman–Crippen LogP) is 9.01. The van der Waals surface area contributed by atoms with Gasteiger partial charge in [-0.2, -0.15) is 24.5 Å². The molecule has 0 saturated heterocycles. The monoisotopic (exact) mass is 749 g/mol. The largest absolute Gasteiger partial charge is 0.424 e. The number of unbranched alkanes of at least 4 members (excludes halogenated alkanes) is 1. The topological polar surface area (TPSA) is 34.1 Å². The van der Waals surface area contributed by atoms with Gasteiger partial charge in [0.1, 0.15) is 0 Å². The Balaban J connectivity index is -0.000000180. The molecule has 0 saturated carbocycles. The average Bonchev–Trinajstić information content (AvgIpc) is 2.80. The zero-order valence-corrected chi connectivity index (χ0v) is 26.3. The Morgan fingerprint density at radius 1 is 0.667 bits per heavy atom. The molecule has 10 heteroatoms. The summed E-state index contributed by atoms with van der Waals surface area (Å²) in [6.07, 6.45) is -0.840. The van der Waals surface area contributed by atoms with E-state index in [0.29, 0.717) is 0 Å². The van der Waals surface area contributed by atoms with E-state index in [1.807, 2.05) is 0 Å². The van der Waals surface area contributed by atoms with Gasteiger partial charge in [0.25, 0.3) is 0 Å². The van der Waals surface area contributed by atoms with Crippen LogP contribution in [0.25, 0.3) is 11.7 Å². The zero-order valence-electron chi connectivity index (χ0n) is 19.1. The fourth-order valence-corrected chi connectivity index (χ4v) is 1.39. The minimum absolute atomic E-state index is 0. The molecule has 184 valence electrons. The maximum atomic E-state index is 12.4. The molecule has 0 radical (unpaired) electrons. The van der Waals surface area contributed by atoms with Crippen molar-refractivity contribution in [1.82, 2.24) is 0 Å². The van der Waals surface area contributed by atoms with Crippen molar-refractivity contribution in [2.24, 2.45) is 0 Å². The summed E-state index contributed by atoms with van der Waals surface area (Å²) < 4.78 is 89.2. The Morgan fingerprint density at radius 2 is 0.879 bits per heavy atom. The van der Waals surface area contributed by atoms with Crippen molar-refractivity contribution in [2.45, 2.75) is 33.6 Å². The van der Waals surface area contributed by atoms with Gasteiger partial charge in [0.2, 0.25) is 0 Å². The third kappa shape index (κ3) is 22.9. The molecule has 0 N–H and O–H groups in total. The van der Waals surface area contributed by atoms with Crippen molar-refractivity contribution in [1.29, 1.82) is 0 Å². The van der Waals surface area contributed by atoms with Crippen LogP contribution in [0, 0.1) is 6.92 Å².